The first-order valence-corrected chi connectivity index (χ1v) is 6.25. The normalized spacial score (nSPS) is 38.4. The van der Waals surface area contributed by atoms with E-state index >= 15 is 0 Å². The summed E-state index contributed by atoms with van der Waals surface area (Å²) in [5.74, 6) is 0.973. The quantitative estimate of drug-likeness (QED) is 0.741. The van der Waals surface area contributed by atoms with E-state index in [0.29, 0.717) is 0 Å². The summed E-state index contributed by atoms with van der Waals surface area (Å²) in [6.45, 7) is 4.78. The van der Waals surface area contributed by atoms with Crippen LogP contribution < -0.4 is 5.32 Å². The lowest BCUT2D eigenvalue weighted by atomic mass is 9.98. The summed E-state index contributed by atoms with van der Waals surface area (Å²) >= 11 is 0. The van der Waals surface area contributed by atoms with E-state index in [1.165, 1.54) is 45.2 Å². The fourth-order valence-electron chi connectivity index (χ4n) is 3.29. The van der Waals surface area contributed by atoms with Crippen LogP contribution in [0, 0.1) is 5.92 Å². The molecule has 0 aromatic heterocycles. The van der Waals surface area contributed by atoms with Crippen molar-refractivity contribution in [2.24, 2.45) is 5.92 Å². The first-order chi connectivity index (χ1) is 6.83. The van der Waals surface area contributed by atoms with Gasteiger partial charge in [-0.05, 0) is 38.8 Å². The van der Waals surface area contributed by atoms with Crippen molar-refractivity contribution in [2.45, 2.75) is 51.1 Å². The fraction of sp³-hybridized carbons (Fsp3) is 1.00. The molecular weight excluding hydrogens is 172 g/mol. The Balaban J connectivity index is 1.92. The number of likely N-dealkylation sites (N-methyl/N-ethyl adjacent to an activating group) is 1. The Kier molecular flexibility index (Phi) is 3.45. The van der Waals surface area contributed by atoms with Gasteiger partial charge < -0.3 is 5.32 Å². The third kappa shape index (κ3) is 1.96. The summed E-state index contributed by atoms with van der Waals surface area (Å²) in [7, 11) is 2.34. The van der Waals surface area contributed by atoms with Crippen molar-refractivity contribution in [1.29, 1.82) is 0 Å². The van der Waals surface area contributed by atoms with Crippen LogP contribution in [-0.2, 0) is 0 Å². The van der Waals surface area contributed by atoms with E-state index in [2.05, 4.69) is 24.2 Å². The molecule has 1 aliphatic carbocycles. The van der Waals surface area contributed by atoms with Gasteiger partial charge in [0.2, 0.25) is 0 Å². The molecule has 14 heavy (non-hydrogen) atoms. The van der Waals surface area contributed by atoms with E-state index < -0.39 is 0 Å². The second-order valence-electron chi connectivity index (χ2n) is 4.98. The molecule has 0 radical (unpaired) electrons. The highest BCUT2D eigenvalue weighted by molar-refractivity contribution is 4.89. The summed E-state index contributed by atoms with van der Waals surface area (Å²) in [6.07, 6.45) is 7.07. The van der Waals surface area contributed by atoms with Crippen molar-refractivity contribution in [3.05, 3.63) is 0 Å². The second kappa shape index (κ2) is 4.63. The zero-order valence-corrected chi connectivity index (χ0v) is 9.63. The topological polar surface area (TPSA) is 15.3 Å². The third-order valence-corrected chi connectivity index (χ3v) is 4.28. The predicted octanol–water partition coefficient (Wildman–Crippen LogP) is 1.86. The van der Waals surface area contributed by atoms with E-state index in [0.717, 1.165) is 18.0 Å². The number of nitrogens with one attached hydrogen (secondary N) is 1. The maximum absolute atomic E-state index is 3.47. The van der Waals surface area contributed by atoms with Crippen LogP contribution in [0.3, 0.4) is 0 Å². The van der Waals surface area contributed by atoms with Gasteiger partial charge in [0.15, 0.2) is 0 Å². The van der Waals surface area contributed by atoms with E-state index in [1.54, 1.807) is 0 Å². The molecule has 0 spiro atoms. The Morgan fingerprint density at radius 2 is 2.14 bits per heavy atom. The molecule has 1 saturated heterocycles. The lowest BCUT2D eigenvalue weighted by Gasteiger charge is -2.33. The van der Waals surface area contributed by atoms with E-state index in [1.807, 2.05) is 0 Å². The summed E-state index contributed by atoms with van der Waals surface area (Å²) in [4.78, 5) is 2.67. The molecule has 1 N–H and O–H groups in total. The van der Waals surface area contributed by atoms with Crippen LogP contribution in [0.5, 0.6) is 0 Å². The molecule has 82 valence electrons. The molecule has 3 unspecified atom stereocenters. The molecule has 0 aromatic carbocycles. The van der Waals surface area contributed by atoms with Crippen LogP contribution in [0.2, 0.25) is 0 Å². The monoisotopic (exact) mass is 196 g/mol. The Labute approximate surface area is 88.1 Å². The minimum Gasteiger partial charge on any atom is -0.315 e. The molecule has 1 saturated carbocycles. The first-order valence-electron chi connectivity index (χ1n) is 6.25. The molecule has 2 fully saturated rings. The molecule has 2 aliphatic rings. The van der Waals surface area contributed by atoms with Gasteiger partial charge in [0.05, 0.1) is 0 Å². The van der Waals surface area contributed by atoms with E-state index in [4.69, 9.17) is 0 Å². The summed E-state index contributed by atoms with van der Waals surface area (Å²) in [5.41, 5.74) is 0. The SMILES string of the molecule is CCC1CCCC1N(C)C1CCNC1. The number of hydrogen-bond donors (Lipinski definition) is 1. The van der Waals surface area contributed by atoms with Gasteiger partial charge >= 0.3 is 0 Å². The Hall–Kier alpha value is -0.0800. The molecule has 0 aromatic rings. The van der Waals surface area contributed by atoms with E-state index in [9.17, 15) is 0 Å². The highest BCUT2D eigenvalue weighted by Crippen LogP contribution is 2.33. The molecule has 2 nitrogen and oxygen atoms in total. The zero-order chi connectivity index (χ0) is 9.97. The van der Waals surface area contributed by atoms with Crippen molar-refractivity contribution >= 4 is 0 Å². The van der Waals surface area contributed by atoms with Crippen LogP contribution in [0.15, 0.2) is 0 Å². The van der Waals surface area contributed by atoms with Crippen molar-refractivity contribution in [1.82, 2.24) is 10.2 Å². The molecule has 1 aliphatic heterocycles. The Bertz CT molecular complexity index is 175. The van der Waals surface area contributed by atoms with Gasteiger partial charge in [-0.25, -0.2) is 0 Å². The lowest BCUT2D eigenvalue weighted by molar-refractivity contribution is 0.147. The highest BCUT2D eigenvalue weighted by Gasteiger charge is 2.33. The molecule has 3 atom stereocenters. The largest absolute Gasteiger partial charge is 0.315 e. The summed E-state index contributed by atoms with van der Waals surface area (Å²) < 4.78 is 0. The molecule has 2 rings (SSSR count). The molecule has 1 heterocycles. The Morgan fingerprint density at radius 3 is 2.79 bits per heavy atom. The summed E-state index contributed by atoms with van der Waals surface area (Å²) in [5, 5.41) is 3.47. The van der Waals surface area contributed by atoms with Gasteiger partial charge in [0.1, 0.15) is 0 Å². The molecule has 0 bridgehead atoms. The van der Waals surface area contributed by atoms with Gasteiger partial charge in [-0.1, -0.05) is 19.8 Å². The van der Waals surface area contributed by atoms with Crippen LogP contribution >= 0.6 is 0 Å². The van der Waals surface area contributed by atoms with Crippen molar-refractivity contribution in [3.63, 3.8) is 0 Å². The van der Waals surface area contributed by atoms with Crippen LogP contribution in [-0.4, -0.2) is 37.1 Å². The van der Waals surface area contributed by atoms with Crippen LogP contribution in [0.25, 0.3) is 0 Å². The van der Waals surface area contributed by atoms with Crippen molar-refractivity contribution in [2.75, 3.05) is 20.1 Å². The number of hydrogen-bond acceptors (Lipinski definition) is 2. The standard InChI is InChI=1S/C12H24N2/c1-3-10-5-4-6-12(10)14(2)11-7-8-13-9-11/h10-13H,3-9H2,1-2H3. The first kappa shape index (κ1) is 10.4. The zero-order valence-electron chi connectivity index (χ0n) is 9.63. The van der Waals surface area contributed by atoms with Gasteiger partial charge in [0.25, 0.3) is 0 Å². The lowest BCUT2D eigenvalue weighted by Crippen LogP contribution is -2.43. The van der Waals surface area contributed by atoms with E-state index in [-0.39, 0.29) is 0 Å². The number of nitrogens with zero attached hydrogens (tertiary/aromatic N) is 1. The minimum atomic E-state index is 0.812. The molecule has 2 heteroatoms. The maximum Gasteiger partial charge on any atom is 0.0232 e. The number of rotatable bonds is 3. The van der Waals surface area contributed by atoms with Gasteiger partial charge in [0, 0.05) is 18.6 Å². The average molecular weight is 196 g/mol. The van der Waals surface area contributed by atoms with Crippen molar-refractivity contribution in [3.8, 4) is 0 Å². The van der Waals surface area contributed by atoms with Gasteiger partial charge in [-0.15, -0.1) is 0 Å². The summed E-state index contributed by atoms with van der Waals surface area (Å²) in [6, 6.07) is 1.69. The van der Waals surface area contributed by atoms with Crippen LogP contribution in [0.1, 0.15) is 39.0 Å². The van der Waals surface area contributed by atoms with Gasteiger partial charge in [-0.3, -0.25) is 4.90 Å². The second-order valence-corrected chi connectivity index (χ2v) is 4.98. The Morgan fingerprint density at radius 1 is 1.29 bits per heavy atom. The van der Waals surface area contributed by atoms with Gasteiger partial charge in [-0.2, -0.15) is 0 Å². The molecule has 0 amide bonds. The molecular formula is C12H24N2. The van der Waals surface area contributed by atoms with Crippen LogP contribution in [0.4, 0.5) is 0 Å². The predicted molar refractivity (Wildman–Crippen MR) is 60.5 cm³/mol. The average Bonchev–Trinajstić information content (AvgIpc) is 2.87. The highest BCUT2D eigenvalue weighted by atomic mass is 15.2. The van der Waals surface area contributed by atoms with Crippen molar-refractivity contribution < 1.29 is 0 Å². The maximum atomic E-state index is 3.47. The third-order valence-electron chi connectivity index (χ3n) is 4.28. The smallest absolute Gasteiger partial charge is 0.0232 e. The minimum absolute atomic E-state index is 0.812. The fourth-order valence-corrected chi connectivity index (χ4v) is 3.29.